The van der Waals surface area contributed by atoms with Gasteiger partial charge in [0.15, 0.2) is 23.0 Å². The van der Waals surface area contributed by atoms with E-state index in [1.165, 1.54) is 25.3 Å². The van der Waals surface area contributed by atoms with Gasteiger partial charge in [-0.05, 0) is 48.2 Å². The average molecular weight is 360 g/mol. The van der Waals surface area contributed by atoms with Crippen molar-refractivity contribution < 1.29 is 34.7 Å². The molecule has 2 aromatic rings. The van der Waals surface area contributed by atoms with Crippen LogP contribution in [0.3, 0.4) is 0 Å². The number of cyclic esters (lactones) is 1. The average Bonchev–Trinajstić information content (AvgIpc) is 2.94. The molecule has 0 bridgehead atoms. The van der Waals surface area contributed by atoms with E-state index in [9.17, 15) is 25.2 Å². The summed E-state index contributed by atoms with van der Waals surface area (Å²) in [7, 11) is 1.38. The summed E-state index contributed by atoms with van der Waals surface area (Å²) in [5.74, 6) is -1.82. The van der Waals surface area contributed by atoms with Gasteiger partial charge in [0, 0.05) is 5.92 Å². The number of carbonyl (C=O) groups is 1. The van der Waals surface area contributed by atoms with Gasteiger partial charge < -0.3 is 29.9 Å². The summed E-state index contributed by atoms with van der Waals surface area (Å²) in [5, 5.41) is 38.6. The highest BCUT2D eigenvalue weighted by atomic mass is 16.5. The largest absolute Gasteiger partial charge is 0.504 e. The van der Waals surface area contributed by atoms with Crippen molar-refractivity contribution in [1.82, 2.24) is 0 Å². The molecule has 2 aromatic carbocycles. The molecular formula is C19H20O7. The van der Waals surface area contributed by atoms with E-state index in [1.54, 1.807) is 12.1 Å². The summed E-state index contributed by atoms with van der Waals surface area (Å²) in [5.41, 5.74) is 1.42. The van der Waals surface area contributed by atoms with Crippen molar-refractivity contribution in [3.05, 3.63) is 41.5 Å². The van der Waals surface area contributed by atoms with E-state index >= 15 is 0 Å². The summed E-state index contributed by atoms with van der Waals surface area (Å²) in [6.07, 6.45) is 0.809. The first-order valence-electron chi connectivity index (χ1n) is 8.15. The van der Waals surface area contributed by atoms with Gasteiger partial charge in [-0.2, -0.15) is 0 Å². The lowest BCUT2D eigenvalue weighted by Crippen LogP contribution is -2.20. The molecule has 1 aliphatic rings. The molecule has 0 amide bonds. The van der Waals surface area contributed by atoms with Crippen molar-refractivity contribution in [2.24, 2.45) is 11.8 Å². The normalized spacial score (nSPS) is 19.3. The third kappa shape index (κ3) is 3.46. The molecule has 138 valence electrons. The van der Waals surface area contributed by atoms with Crippen molar-refractivity contribution in [2.75, 3.05) is 13.7 Å². The highest BCUT2D eigenvalue weighted by Crippen LogP contribution is 2.38. The van der Waals surface area contributed by atoms with Crippen LogP contribution in [0, 0.1) is 11.8 Å². The molecule has 0 radical (unpaired) electrons. The van der Waals surface area contributed by atoms with Crippen LogP contribution < -0.4 is 4.74 Å². The van der Waals surface area contributed by atoms with E-state index in [2.05, 4.69) is 0 Å². The lowest BCUT2D eigenvalue weighted by Gasteiger charge is -2.16. The zero-order chi connectivity index (χ0) is 18.8. The van der Waals surface area contributed by atoms with Gasteiger partial charge in [-0.3, -0.25) is 4.79 Å². The van der Waals surface area contributed by atoms with Crippen LogP contribution in [-0.2, 0) is 22.4 Å². The second-order valence-corrected chi connectivity index (χ2v) is 6.39. The topological polar surface area (TPSA) is 116 Å². The van der Waals surface area contributed by atoms with Crippen molar-refractivity contribution in [3.8, 4) is 28.7 Å². The van der Waals surface area contributed by atoms with E-state index in [0.29, 0.717) is 18.4 Å². The minimum absolute atomic E-state index is 0.117. The van der Waals surface area contributed by atoms with Gasteiger partial charge in [-0.15, -0.1) is 0 Å². The van der Waals surface area contributed by atoms with Crippen LogP contribution in [0.4, 0.5) is 0 Å². The first-order valence-corrected chi connectivity index (χ1v) is 8.15. The zero-order valence-corrected chi connectivity index (χ0v) is 14.2. The molecule has 1 heterocycles. The quantitative estimate of drug-likeness (QED) is 0.476. The Morgan fingerprint density at radius 2 is 1.73 bits per heavy atom. The van der Waals surface area contributed by atoms with Gasteiger partial charge in [-0.25, -0.2) is 0 Å². The molecule has 26 heavy (non-hydrogen) atoms. The number of ether oxygens (including phenoxy) is 2. The van der Waals surface area contributed by atoms with Crippen LogP contribution in [0.15, 0.2) is 30.3 Å². The molecule has 7 nitrogen and oxygen atoms in total. The Morgan fingerprint density at radius 1 is 1.00 bits per heavy atom. The highest BCUT2D eigenvalue weighted by Gasteiger charge is 2.37. The fraction of sp³-hybridized carbons (Fsp3) is 0.316. The molecule has 0 aliphatic carbocycles. The van der Waals surface area contributed by atoms with E-state index < -0.39 is 5.92 Å². The van der Waals surface area contributed by atoms with Crippen LogP contribution in [0.5, 0.6) is 28.7 Å². The molecule has 0 unspecified atom stereocenters. The van der Waals surface area contributed by atoms with Crippen molar-refractivity contribution >= 4 is 5.97 Å². The molecule has 1 aliphatic heterocycles. The van der Waals surface area contributed by atoms with E-state index in [4.69, 9.17) is 9.47 Å². The van der Waals surface area contributed by atoms with Crippen molar-refractivity contribution in [1.29, 1.82) is 0 Å². The number of hydrogen-bond donors (Lipinski definition) is 4. The number of esters is 1. The summed E-state index contributed by atoms with van der Waals surface area (Å²) in [6.45, 7) is 0.256. The second-order valence-electron chi connectivity index (χ2n) is 6.39. The Hall–Kier alpha value is -3.09. The predicted molar refractivity (Wildman–Crippen MR) is 91.4 cm³/mol. The van der Waals surface area contributed by atoms with Crippen LogP contribution in [0.25, 0.3) is 0 Å². The number of carbonyl (C=O) groups excluding carboxylic acids is 1. The lowest BCUT2D eigenvalue weighted by molar-refractivity contribution is -0.141. The molecule has 1 saturated heterocycles. The minimum atomic E-state index is -0.431. The van der Waals surface area contributed by atoms with Crippen LogP contribution in [-0.4, -0.2) is 40.1 Å². The molecule has 0 aromatic heterocycles. The number of hydrogen-bond acceptors (Lipinski definition) is 7. The first-order chi connectivity index (χ1) is 12.4. The van der Waals surface area contributed by atoms with Crippen LogP contribution >= 0.6 is 0 Å². The number of aromatic hydroxyl groups is 4. The minimum Gasteiger partial charge on any atom is -0.504 e. The highest BCUT2D eigenvalue weighted by molar-refractivity contribution is 5.75. The van der Waals surface area contributed by atoms with Crippen LogP contribution in [0.1, 0.15) is 11.1 Å². The Labute approximate surface area is 150 Å². The summed E-state index contributed by atoms with van der Waals surface area (Å²) in [6, 6.07) is 7.52. The molecule has 0 spiro atoms. The van der Waals surface area contributed by atoms with Gasteiger partial charge in [0.1, 0.15) is 0 Å². The van der Waals surface area contributed by atoms with Gasteiger partial charge in [0.05, 0.1) is 19.6 Å². The van der Waals surface area contributed by atoms with Crippen molar-refractivity contribution in [2.45, 2.75) is 12.8 Å². The maximum Gasteiger partial charge on any atom is 0.309 e. The third-order valence-corrected chi connectivity index (χ3v) is 4.64. The van der Waals surface area contributed by atoms with Gasteiger partial charge in [0.2, 0.25) is 5.75 Å². The number of benzene rings is 2. The fourth-order valence-corrected chi connectivity index (χ4v) is 3.23. The van der Waals surface area contributed by atoms with Gasteiger partial charge >= 0.3 is 5.97 Å². The smallest absolute Gasteiger partial charge is 0.309 e. The summed E-state index contributed by atoms with van der Waals surface area (Å²) < 4.78 is 10.2. The molecule has 3 rings (SSSR count). The van der Waals surface area contributed by atoms with E-state index in [0.717, 1.165) is 5.56 Å². The number of rotatable bonds is 5. The Bertz CT molecular complexity index is 831. The van der Waals surface area contributed by atoms with Gasteiger partial charge in [0.25, 0.3) is 0 Å². The first kappa shape index (κ1) is 17.7. The Balaban J connectivity index is 1.80. The molecular weight excluding hydrogens is 340 g/mol. The van der Waals surface area contributed by atoms with Crippen LogP contribution in [0.2, 0.25) is 0 Å². The van der Waals surface area contributed by atoms with Crippen molar-refractivity contribution in [3.63, 3.8) is 0 Å². The SMILES string of the molecule is COc1cc(C[C@H]2C(=O)OC[C@@H]2Cc2ccc(O)c(O)c2)cc(O)c1O. The van der Waals surface area contributed by atoms with E-state index in [-0.39, 0.29) is 47.2 Å². The lowest BCUT2D eigenvalue weighted by atomic mass is 9.85. The third-order valence-electron chi connectivity index (χ3n) is 4.64. The molecule has 4 N–H and O–H groups in total. The fourth-order valence-electron chi connectivity index (χ4n) is 3.23. The maximum absolute atomic E-state index is 12.2. The standard InChI is InChI=1S/C19H20O7/c1-25-17-8-11(7-16(22)18(17)23)5-13-12(9-26-19(13)24)4-10-2-3-14(20)15(21)6-10/h2-3,6-8,12-13,20-23H,4-5,9H2,1H3/t12-,13+/m0/s1. The maximum atomic E-state index is 12.2. The monoisotopic (exact) mass is 360 g/mol. The van der Waals surface area contributed by atoms with Gasteiger partial charge in [-0.1, -0.05) is 6.07 Å². The number of phenols is 4. The molecule has 7 heteroatoms. The molecule has 1 fully saturated rings. The molecule has 2 atom stereocenters. The summed E-state index contributed by atoms with van der Waals surface area (Å²) >= 11 is 0. The Morgan fingerprint density at radius 3 is 2.42 bits per heavy atom. The number of methoxy groups -OCH3 is 1. The molecule has 0 saturated carbocycles. The Kier molecular flexibility index (Phi) is 4.79. The number of phenolic OH excluding ortho intramolecular Hbond substituents is 4. The summed E-state index contributed by atoms with van der Waals surface area (Å²) in [4.78, 5) is 12.2. The zero-order valence-electron chi connectivity index (χ0n) is 14.2. The predicted octanol–water partition coefficient (Wildman–Crippen LogP) is 2.09. The second kappa shape index (κ2) is 7.03. The van der Waals surface area contributed by atoms with E-state index in [1.807, 2.05) is 0 Å².